The summed E-state index contributed by atoms with van der Waals surface area (Å²) in [5.74, 6) is 0.320. The fourth-order valence-electron chi connectivity index (χ4n) is 11.4. The van der Waals surface area contributed by atoms with Crippen molar-refractivity contribution in [3.8, 4) is 33.4 Å². The molecule has 13 rings (SSSR count). The first kappa shape index (κ1) is 35.1. The summed E-state index contributed by atoms with van der Waals surface area (Å²) >= 11 is 0. The minimum atomic E-state index is -0.451. The first-order chi connectivity index (χ1) is 30.8. The highest BCUT2D eigenvalue weighted by Crippen LogP contribution is 2.63. The zero-order valence-corrected chi connectivity index (χ0v) is 34.2. The molecule has 290 valence electrons. The van der Waals surface area contributed by atoms with E-state index in [2.05, 4.69) is 235 Å². The zero-order chi connectivity index (χ0) is 40.8. The maximum Gasteiger partial charge on any atom is 0.0726 e. The number of rotatable bonds is 5. The molecule has 0 saturated carbocycles. The normalized spacial score (nSPS) is 16.2. The molecule has 1 atom stereocenters. The smallest absolute Gasteiger partial charge is 0.0726 e. The molecule has 1 heteroatoms. The third-order valence-electron chi connectivity index (χ3n) is 14.0. The van der Waals surface area contributed by atoms with Crippen LogP contribution in [0.2, 0.25) is 0 Å². The van der Waals surface area contributed by atoms with E-state index in [9.17, 15) is 0 Å². The van der Waals surface area contributed by atoms with Crippen molar-refractivity contribution in [3.63, 3.8) is 0 Å². The first-order valence-electron chi connectivity index (χ1n) is 21.9. The highest BCUT2D eigenvalue weighted by atomic mass is 15.1. The SMILES string of the molecule is C1=CCC2C=CC(N(c3cccc(-c4cc5ccccc5c5ccccc45)c3)c3ccc4c(c3)C3(c5ccccc5-c5ccccc53)c3ccccc3-4)=C(c3ccccc3)C2=C1. The van der Waals surface area contributed by atoms with Gasteiger partial charge in [-0.1, -0.05) is 194 Å². The second-order valence-electron chi connectivity index (χ2n) is 17.1. The summed E-state index contributed by atoms with van der Waals surface area (Å²) in [6, 6.07) is 74.9. The predicted octanol–water partition coefficient (Wildman–Crippen LogP) is 15.6. The second-order valence-corrected chi connectivity index (χ2v) is 17.1. The van der Waals surface area contributed by atoms with Gasteiger partial charge in [-0.3, -0.25) is 0 Å². The molecule has 0 aliphatic heterocycles. The zero-order valence-electron chi connectivity index (χ0n) is 34.2. The van der Waals surface area contributed by atoms with Gasteiger partial charge in [0.05, 0.1) is 11.1 Å². The van der Waals surface area contributed by atoms with Crippen molar-refractivity contribution in [1.82, 2.24) is 0 Å². The fraction of sp³-hybridized carbons (Fsp3) is 0.0492. The third-order valence-corrected chi connectivity index (χ3v) is 14.0. The molecule has 9 aromatic carbocycles. The molecule has 0 saturated heterocycles. The third kappa shape index (κ3) is 4.97. The van der Waals surface area contributed by atoms with Gasteiger partial charge in [-0.2, -0.15) is 0 Å². The molecule has 0 bridgehead atoms. The summed E-state index contributed by atoms with van der Waals surface area (Å²) in [4.78, 5) is 2.55. The molecule has 0 aromatic heterocycles. The van der Waals surface area contributed by atoms with Crippen molar-refractivity contribution in [3.05, 3.63) is 270 Å². The molecule has 0 fully saturated rings. The van der Waals surface area contributed by atoms with Crippen molar-refractivity contribution in [2.75, 3.05) is 4.90 Å². The van der Waals surface area contributed by atoms with E-state index in [1.54, 1.807) is 0 Å². The highest BCUT2D eigenvalue weighted by molar-refractivity contribution is 6.14. The van der Waals surface area contributed by atoms with Gasteiger partial charge in [-0.15, -0.1) is 0 Å². The predicted molar refractivity (Wildman–Crippen MR) is 260 cm³/mol. The van der Waals surface area contributed by atoms with Gasteiger partial charge in [0.1, 0.15) is 0 Å². The number of hydrogen-bond donors (Lipinski definition) is 0. The number of anilines is 2. The molecule has 0 radical (unpaired) electrons. The standard InChI is InChI=1S/C61H41N/c1-2-18-41(19-3-1)60-47-24-7-4-17-40(47)33-36-59(60)62(44-22-16-21-42(37-44)54-38-43-20-5-6-23-46(43)48-25-8-9-26-49(48)54)45-34-35-53-52-29-12-15-32-57(52)61(58(53)39-45)55-30-13-10-27-50(55)51-28-11-14-31-56(51)61/h1-16,18-40H,17H2. The van der Waals surface area contributed by atoms with Gasteiger partial charge < -0.3 is 4.90 Å². The molecular formula is C61H41N. The number of hydrogen-bond acceptors (Lipinski definition) is 1. The van der Waals surface area contributed by atoms with Crippen LogP contribution in [0.15, 0.2) is 242 Å². The Morgan fingerprint density at radius 2 is 1.03 bits per heavy atom. The lowest BCUT2D eigenvalue weighted by atomic mass is 9.70. The van der Waals surface area contributed by atoms with Gasteiger partial charge in [0.2, 0.25) is 0 Å². The van der Waals surface area contributed by atoms with Gasteiger partial charge in [-0.05, 0) is 131 Å². The van der Waals surface area contributed by atoms with Crippen molar-refractivity contribution < 1.29 is 0 Å². The van der Waals surface area contributed by atoms with Crippen LogP contribution < -0.4 is 4.90 Å². The first-order valence-corrected chi connectivity index (χ1v) is 21.9. The number of nitrogens with zero attached hydrogens (tertiary/aromatic N) is 1. The van der Waals surface area contributed by atoms with Crippen molar-refractivity contribution in [2.24, 2.45) is 5.92 Å². The van der Waals surface area contributed by atoms with E-state index in [4.69, 9.17) is 0 Å². The Bertz CT molecular complexity index is 3390. The van der Waals surface area contributed by atoms with Crippen LogP contribution in [0.5, 0.6) is 0 Å². The quantitative estimate of drug-likeness (QED) is 0.157. The molecule has 4 aliphatic carbocycles. The summed E-state index contributed by atoms with van der Waals surface area (Å²) in [6.07, 6.45) is 12.7. The van der Waals surface area contributed by atoms with E-state index in [1.165, 1.54) is 99.6 Å². The van der Waals surface area contributed by atoms with E-state index < -0.39 is 5.41 Å². The van der Waals surface area contributed by atoms with Gasteiger partial charge in [0.25, 0.3) is 0 Å². The summed E-state index contributed by atoms with van der Waals surface area (Å²) < 4.78 is 0. The van der Waals surface area contributed by atoms with Crippen LogP contribution in [0.3, 0.4) is 0 Å². The van der Waals surface area contributed by atoms with Crippen LogP contribution in [0.25, 0.3) is 60.5 Å². The molecule has 62 heavy (non-hydrogen) atoms. The Morgan fingerprint density at radius 1 is 0.435 bits per heavy atom. The molecule has 1 spiro atoms. The molecule has 4 aliphatic rings. The fourth-order valence-corrected chi connectivity index (χ4v) is 11.4. The number of allylic oxidation sites excluding steroid dienone is 7. The molecular weight excluding hydrogens is 747 g/mol. The van der Waals surface area contributed by atoms with Gasteiger partial charge >= 0.3 is 0 Å². The summed E-state index contributed by atoms with van der Waals surface area (Å²) in [6.45, 7) is 0. The second kappa shape index (κ2) is 13.6. The number of fused-ring (bicyclic) bond motifs is 14. The molecule has 0 amide bonds. The molecule has 0 heterocycles. The lowest BCUT2D eigenvalue weighted by Gasteiger charge is -2.36. The monoisotopic (exact) mass is 787 g/mol. The van der Waals surface area contributed by atoms with Gasteiger partial charge in [-0.25, -0.2) is 0 Å². The summed E-state index contributed by atoms with van der Waals surface area (Å²) in [5, 5.41) is 5.06. The minimum Gasteiger partial charge on any atom is -0.310 e. The van der Waals surface area contributed by atoms with Crippen LogP contribution >= 0.6 is 0 Å². The lowest BCUT2D eigenvalue weighted by molar-refractivity contribution is 0.780. The van der Waals surface area contributed by atoms with Crippen molar-refractivity contribution in [1.29, 1.82) is 0 Å². The van der Waals surface area contributed by atoms with E-state index >= 15 is 0 Å². The lowest BCUT2D eigenvalue weighted by Crippen LogP contribution is -2.26. The van der Waals surface area contributed by atoms with Crippen molar-refractivity contribution >= 4 is 38.5 Å². The van der Waals surface area contributed by atoms with Gasteiger partial charge in [0.15, 0.2) is 0 Å². The highest BCUT2D eigenvalue weighted by Gasteiger charge is 2.51. The molecule has 1 unspecified atom stereocenters. The van der Waals surface area contributed by atoms with Crippen molar-refractivity contribution in [2.45, 2.75) is 11.8 Å². The van der Waals surface area contributed by atoms with Crippen LogP contribution in [0, 0.1) is 5.92 Å². The largest absolute Gasteiger partial charge is 0.310 e. The van der Waals surface area contributed by atoms with Crippen LogP contribution in [0.4, 0.5) is 11.4 Å². The molecule has 0 N–H and O–H groups in total. The Kier molecular flexibility index (Phi) is 7.71. The number of benzene rings is 9. The summed E-state index contributed by atoms with van der Waals surface area (Å²) in [5.41, 5.74) is 19.9. The van der Waals surface area contributed by atoms with E-state index in [-0.39, 0.29) is 0 Å². The summed E-state index contributed by atoms with van der Waals surface area (Å²) in [7, 11) is 0. The molecule has 9 aromatic rings. The van der Waals surface area contributed by atoms with E-state index in [0.29, 0.717) is 5.92 Å². The average molecular weight is 788 g/mol. The van der Waals surface area contributed by atoms with Gasteiger partial charge in [0, 0.05) is 22.9 Å². The maximum absolute atomic E-state index is 2.55. The minimum absolute atomic E-state index is 0.320. The van der Waals surface area contributed by atoms with Crippen LogP contribution in [0.1, 0.15) is 34.2 Å². The Labute approximate surface area is 362 Å². The van der Waals surface area contributed by atoms with Crippen LogP contribution in [-0.4, -0.2) is 0 Å². The molecule has 1 nitrogen and oxygen atoms in total. The topological polar surface area (TPSA) is 3.24 Å². The Balaban J connectivity index is 1.10. The van der Waals surface area contributed by atoms with E-state index in [1.807, 2.05) is 0 Å². The Hall–Kier alpha value is -7.74. The van der Waals surface area contributed by atoms with Crippen LogP contribution in [-0.2, 0) is 5.41 Å². The maximum atomic E-state index is 2.55. The van der Waals surface area contributed by atoms with E-state index in [0.717, 1.165) is 17.8 Å². The Morgan fingerprint density at radius 3 is 1.77 bits per heavy atom. The average Bonchev–Trinajstić information content (AvgIpc) is 3.81.